The molecule has 0 spiro atoms. The molecule has 0 atom stereocenters. The van der Waals surface area contributed by atoms with E-state index in [9.17, 15) is 13.5 Å². The van der Waals surface area contributed by atoms with Gasteiger partial charge in [-0.25, -0.2) is 8.42 Å². The van der Waals surface area contributed by atoms with E-state index < -0.39 is 9.05 Å². The minimum absolute atomic E-state index is 0.216. The molecule has 0 heterocycles. The fourth-order valence-corrected chi connectivity index (χ4v) is 2.76. The van der Waals surface area contributed by atoms with Gasteiger partial charge in [-0.3, -0.25) is 0 Å². The number of phenols is 1. The van der Waals surface area contributed by atoms with E-state index in [4.69, 9.17) is 10.7 Å². The molecular weight excluding hydrogens is 284 g/mol. The Morgan fingerprint density at radius 3 is 1.79 bits per heavy atom. The highest BCUT2D eigenvalue weighted by Crippen LogP contribution is 2.40. The number of hydrogen-bond donors (Lipinski definition) is 1. The molecule has 0 aromatic heterocycles. The maximum absolute atomic E-state index is 11.6. The van der Waals surface area contributed by atoms with E-state index in [-0.39, 0.29) is 21.5 Å². The number of hydrogen-bond acceptors (Lipinski definition) is 3. The summed E-state index contributed by atoms with van der Waals surface area (Å²) in [5.74, 6) is -0.254. The molecule has 0 saturated heterocycles. The average molecular weight is 305 g/mol. The predicted molar refractivity (Wildman–Crippen MR) is 78.5 cm³/mol. The lowest BCUT2D eigenvalue weighted by Gasteiger charge is -2.26. The van der Waals surface area contributed by atoms with Crippen molar-refractivity contribution >= 4 is 19.7 Å². The first-order chi connectivity index (χ1) is 8.24. The first kappa shape index (κ1) is 16.3. The van der Waals surface area contributed by atoms with Gasteiger partial charge in [-0.2, -0.15) is 0 Å². The SMILES string of the molecule is CC(C)(C)c1cc(C(C)(C)C)c(O)c(S(=O)(=O)Cl)c1. The smallest absolute Gasteiger partial charge is 0.264 e. The summed E-state index contributed by atoms with van der Waals surface area (Å²) < 4.78 is 23.2. The van der Waals surface area contributed by atoms with Crippen LogP contribution < -0.4 is 0 Å². The molecule has 0 amide bonds. The lowest BCUT2D eigenvalue weighted by Crippen LogP contribution is -2.17. The number of rotatable bonds is 1. The number of benzene rings is 1. The molecule has 1 N–H and O–H groups in total. The number of halogens is 1. The lowest BCUT2D eigenvalue weighted by atomic mass is 9.80. The Bertz CT molecular complexity index is 590. The van der Waals surface area contributed by atoms with Crippen molar-refractivity contribution in [3.8, 4) is 5.75 Å². The minimum atomic E-state index is -3.98. The molecule has 0 saturated carbocycles. The van der Waals surface area contributed by atoms with Crippen molar-refractivity contribution < 1.29 is 13.5 Å². The molecule has 19 heavy (non-hydrogen) atoms. The Labute approximate surface area is 120 Å². The van der Waals surface area contributed by atoms with Gasteiger partial charge in [0.05, 0.1) is 0 Å². The molecular formula is C14H21ClO3S. The average Bonchev–Trinajstić information content (AvgIpc) is 2.11. The van der Waals surface area contributed by atoms with E-state index in [0.29, 0.717) is 5.56 Å². The van der Waals surface area contributed by atoms with Gasteiger partial charge in [-0.05, 0) is 22.5 Å². The van der Waals surface area contributed by atoms with Crippen molar-refractivity contribution in [1.29, 1.82) is 0 Å². The van der Waals surface area contributed by atoms with Crippen molar-refractivity contribution in [2.45, 2.75) is 57.3 Å². The third-order valence-corrected chi connectivity index (χ3v) is 4.35. The van der Waals surface area contributed by atoms with E-state index >= 15 is 0 Å². The van der Waals surface area contributed by atoms with E-state index in [1.165, 1.54) is 6.07 Å². The molecule has 0 aliphatic carbocycles. The van der Waals surface area contributed by atoms with Crippen LogP contribution in [0.5, 0.6) is 5.75 Å². The van der Waals surface area contributed by atoms with Crippen molar-refractivity contribution in [1.82, 2.24) is 0 Å². The Morgan fingerprint density at radius 1 is 1.00 bits per heavy atom. The Balaban J connectivity index is 3.78. The predicted octanol–water partition coefficient (Wildman–Crippen LogP) is 3.91. The normalized spacial score (nSPS) is 13.6. The second-order valence-electron chi connectivity index (χ2n) is 6.81. The van der Waals surface area contributed by atoms with Crippen LogP contribution in [0.4, 0.5) is 0 Å². The summed E-state index contributed by atoms with van der Waals surface area (Å²) in [6.07, 6.45) is 0. The summed E-state index contributed by atoms with van der Waals surface area (Å²) in [6, 6.07) is 3.30. The van der Waals surface area contributed by atoms with Gasteiger partial charge in [-0.15, -0.1) is 0 Å². The first-order valence-corrected chi connectivity index (χ1v) is 8.38. The second kappa shape index (κ2) is 4.67. The Hall–Kier alpha value is -0.740. The maximum atomic E-state index is 11.6. The van der Waals surface area contributed by atoms with Gasteiger partial charge < -0.3 is 5.11 Å². The highest BCUT2D eigenvalue weighted by Gasteiger charge is 2.28. The van der Waals surface area contributed by atoms with Crippen LogP contribution in [0.25, 0.3) is 0 Å². The summed E-state index contributed by atoms with van der Waals surface area (Å²) in [5.41, 5.74) is 0.805. The van der Waals surface area contributed by atoms with Crippen molar-refractivity contribution in [2.24, 2.45) is 0 Å². The minimum Gasteiger partial charge on any atom is -0.506 e. The zero-order chi connectivity index (χ0) is 15.2. The molecule has 0 aliphatic rings. The van der Waals surface area contributed by atoms with Crippen molar-refractivity contribution in [2.75, 3.05) is 0 Å². The van der Waals surface area contributed by atoms with Gasteiger partial charge in [0.15, 0.2) is 0 Å². The number of aromatic hydroxyl groups is 1. The van der Waals surface area contributed by atoms with Crippen LogP contribution in [0.3, 0.4) is 0 Å². The van der Waals surface area contributed by atoms with Crippen LogP contribution in [0, 0.1) is 0 Å². The molecule has 0 aliphatic heterocycles. The van der Waals surface area contributed by atoms with E-state index in [0.717, 1.165) is 5.56 Å². The second-order valence-corrected chi connectivity index (χ2v) is 9.34. The maximum Gasteiger partial charge on any atom is 0.264 e. The van der Waals surface area contributed by atoms with Crippen LogP contribution in [0.2, 0.25) is 0 Å². The van der Waals surface area contributed by atoms with Gasteiger partial charge >= 0.3 is 0 Å². The summed E-state index contributed by atoms with van der Waals surface area (Å²) in [5, 5.41) is 10.2. The third-order valence-electron chi connectivity index (χ3n) is 3.01. The van der Waals surface area contributed by atoms with Gasteiger partial charge in [0.1, 0.15) is 10.6 Å². The van der Waals surface area contributed by atoms with E-state index in [1.807, 2.05) is 47.6 Å². The van der Waals surface area contributed by atoms with Crippen molar-refractivity contribution in [3.63, 3.8) is 0 Å². The van der Waals surface area contributed by atoms with Crippen LogP contribution in [-0.2, 0) is 19.9 Å². The largest absolute Gasteiger partial charge is 0.506 e. The fraction of sp³-hybridized carbons (Fsp3) is 0.571. The molecule has 1 rings (SSSR count). The molecule has 0 fully saturated rings. The summed E-state index contributed by atoms with van der Waals surface area (Å²) in [7, 11) is 1.44. The zero-order valence-corrected chi connectivity index (χ0v) is 13.8. The molecule has 0 bridgehead atoms. The molecule has 0 radical (unpaired) electrons. The molecule has 3 nitrogen and oxygen atoms in total. The van der Waals surface area contributed by atoms with Crippen LogP contribution in [0.1, 0.15) is 52.7 Å². The van der Waals surface area contributed by atoms with E-state index in [1.54, 1.807) is 0 Å². The number of phenolic OH excluding ortho intramolecular Hbond substituents is 1. The first-order valence-electron chi connectivity index (χ1n) is 6.07. The zero-order valence-electron chi connectivity index (χ0n) is 12.2. The standard InChI is InChI=1S/C14H21ClO3S/c1-13(2,3)9-7-10(14(4,5)6)12(16)11(8-9)19(15,17)18/h7-8,16H,1-6H3. The molecule has 1 aromatic rings. The summed E-state index contributed by atoms with van der Waals surface area (Å²) >= 11 is 0. The summed E-state index contributed by atoms with van der Waals surface area (Å²) in [6.45, 7) is 11.7. The quantitative estimate of drug-likeness (QED) is 0.800. The highest BCUT2D eigenvalue weighted by molar-refractivity contribution is 8.13. The Morgan fingerprint density at radius 2 is 1.47 bits per heavy atom. The van der Waals surface area contributed by atoms with Gasteiger partial charge in [0, 0.05) is 16.2 Å². The van der Waals surface area contributed by atoms with Crippen LogP contribution in [-0.4, -0.2) is 13.5 Å². The van der Waals surface area contributed by atoms with Crippen molar-refractivity contribution in [3.05, 3.63) is 23.3 Å². The highest BCUT2D eigenvalue weighted by atomic mass is 35.7. The van der Waals surface area contributed by atoms with Gasteiger partial charge in [-0.1, -0.05) is 47.6 Å². The van der Waals surface area contributed by atoms with Gasteiger partial charge in [0.2, 0.25) is 0 Å². The monoisotopic (exact) mass is 304 g/mol. The molecule has 1 aromatic carbocycles. The third kappa shape index (κ3) is 3.63. The van der Waals surface area contributed by atoms with Crippen LogP contribution >= 0.6 is 10.7 Å². The lowest BCUT2D eigenvalue weighted by molar-refractivity contribution is 0.430. The molecule has 108 valence electrons. The summed E-state index contributed by atoms with van der Waals surface area (Å²) in [4.78, 5) is -0.216. The van der Waals surface area contributed by atoms with Crippen LogP contribution in [0.15, 0.2) is 17.0 Å². The Kier molecular flexibility index (Phi) is 4.01. The topological polar surface area (TPSA) is 54.4 Å². The van der Waals surface area contributed by atoms with E-state index in [2.05, 4.69) is 0 Å². The van der Waals surface area contributed by atoms with Gasteiger partial charge in [0.25, 0.3) is 9.05 Å². The fourth-order valence-electron chi connectivity index (χ4n) is 1.80. The molecule has 5 heteroatoms. The molecule has 0 unspecified atom stereocenters.